The summed E-state index contributed by atoms with van der Waals surface area (Å²) in [4.78, 5) is 22.1. The number of hydrogen-bond acceptors (Lipinski definition) is 6. The first kappa shape index (κ1) is 25.5. The molecule has 0 radical (unpaired) electrons. The van der Waals surface area contributed by atoms with E-state index in [4.69, 9.17) is 32.0 Å². The third-order valence-electron chi connectivity index (χ3n) is 4.80. The molecule has 0 aliphatic heterocycles. The molecule has 2 heterocycles. The molecule has 0 aliphatic rings. The Morgan fingerprint density at radius 2 is 0.882 bits per heavy atom. The van der Waals surface area contributed by atoms with Crippen molar-refractivity contribution in [2.75, 3.05) is 0 Å². The molecular formula is C26H22Cl2O6. The van der Waals surface area contributed by atoms with Gasteiger partial charge in [-0.2, -0.15) is 0 Å². The number of aliphatic hydroxyl groups is 2. The second-order valence-electron chi connectivity index (χ2n) is 7.21. The molecule has 0 fully saturated rings. The minimum Gasteiger partial charge on any atom is -0.425 e. The summed E-state index contributed by atoms with van der Waals surface area (Å²) in [5.41, 5.74) is 0.540. The van der Waals surface area contributed by atoms with Gasteiger partial charge in [-0.3, -0.25) is 0 Å². The topological polar surface area (TPSA) is 101 Å². The van der Waals surface area contributed by atoms with E-state index in [0.29, 0.717) is 0 Å². The van der Waals surface area contributed by atoms with Crippen LogP contribution in [0.4, 0.5) is 0 Å². The third-order valence-corrected chi connectivity index (χ3v) is 5.78. The number of halogens is 2. The highest BCUT2D eigenvalue weighted by Crippen LogP contribution is 2.34. The number of rotatable bonds is 6. The molecule has 0 spiro atoms. The van der Waals surface area contributed by atoms with Crippen molar-refractivity contribution in [3.8, 4) is 0 Å². The Kier molecular flexibility index (Phi) is 9.24. The lowest BCUT2D eigenvalue weighted by atomic mass is 10.1. The van der Waals surface area contributed by atoms with Crippen molar-refractivity contribution in [2.45, 2.75) is 23.0 Å². The Labute approximate surface area is 205 Å². The molecule has 0 saturated heterocycles. The summed E-state index contributed by atoms with van der Waals surface area (Å²) in [6, 6.07) is 27.0. The number of benzene rings is 2. The number of alkyl halides is 2. The molecule has 4 aromatic rings. The Hall–Kier alpha value is -3.16. The van der Waals surface area contributed by atoms with Gasteiger partial charge in [0.1, 0.15) is 23.7 Å². The van der Waals surface area contributed by atoms with Crippen LogP contribution in [0.2, 0.25) is 0 Å². The van der Waals surface area contributed by atoms with Crippen LogP contribution < -0.4 is 11.3 Å². The summed E-state index contributed by atoms with van der Waals surface area (Å²) in [6.07, 6.45) is -2.10. The van der Waals surface area contributed by atoms with Crippen LogP contribution in [0, 0.1) is 0 Å². The highest BCUT2D eigenvalue weighted by Gasteiger charge is 2.23. The van der Waals surface area contributed by atoms with Crippen molar-refractivity contribution in [3.05, 3.63) is 141 Å². The molecule has 8 heteroatoms. The molecule has 0 amide bonds. The molecule has 4 rings (SSSR count). The smallest absolute Gasteiger partial charge is 0.335 e. The molecule has 0 bridgehead atoms. The molecule has 176 valence electrons. The lowest BCUT2D eigenvalue weighted by molar-refractivity contribution is 0.140. The van der Waals surface area contributed by atoms with E-state index in [1.165, 1.54) is 36.4 Å². The van der Waals surface area contributed by atoms with Gasteiger partial charge in [0.05, 0.1) is 10.8 Å². The van der Waals surface area contributed by atoms with Gasteiger partial charge in [0.2, 0.25) is 0 Å². The average Bonchev–Trinajstić information content (AvgIpc) is 2.88. The molecule has 0 aliphatic carbocycles. The fraction of sp³-hybridized carbons (Fsp3) is 0.154. The summed E-state index contributed by atoms with van der Waals surface area (Å²) >= 11 is 12.3. The van der Waals surface area contributed by atoms with Crippen molar-refractivity contribution in [1.82, 2.24) is 0 Å². The van der Waals surface area contributed by atoms with E-state index in [1.54, 1.807) is 0 Å². The van der Waals surface area contributed by atoms with Crippen molar-refractivity contribution in [2.24, 2.45) is 0 Å². The van der Waals surface area contributed by atoms with Crippen LogP contribution in [-0.4, -0.2) is 10.2 Å². The van der Waals surface area contributed by atoms with Crippen LogP contribution >= 0.6 is 23.2 Å². The molecule has 0 unspecified atom stereocenters. The maximum Gasteiger partial charge on any atom is 0.335 e. The monoisotopic (exact) mass is 500 g/mol. The molecule has 0 saturated carbocycles. The number of hydrogen-bond donors (Lipinski definition) is 2. The molecule has 2 aromatic carbocycles. The maximum atomic E-state index is 11.0. The van der Waals surface area contributed by atoms with Gasteiger partial charge >= 0.3 is 11.3 Å². The zero-order valence-corrected chi connectivity index (χ0v) is 19.3. The third kappa shape index (κ3) is 6.92. The largest absolute Gasteiger partial charge is 0.425 e. The van der Waals surface area contributed by atoms with Crippen LogP contribution in [0.5, 0.6) is 0 Å². The van der Waals surface area contributed by atoms with Crippen molar-refractivity contribution in [1.29, 1.82) is 0 Å². The minimum absolute atomic E-state index is 0.168. The first-order chi connectivity index (χ1) is 16.4. The first-order valence-corrected chi connectivity index (χ1v) is 11.2. The van der Waals surface area contributed by atoms with Gasteiger partial charge in [-0.15, -0.1) is 23.2 Å². The average molecular weight is 501 g/mol. The molecule has 2 aromatic heterocycles. The Morgan fingerprint density at radius 1 is 0.529 bits per heavy atom. The van der Waals surface area contributed by atoms with Gasteiger partial charge in [-0.25, -0.2) is 9.59 Å². The Morgan fingerprint density at radius 3 is 1.21 bits per heavy atom. The summed E-state index contributed by atoms with van der Waals surface area (Å²) < 4.78 is 9.78. The van der Waals surface area contributed by atoms with E-state index in [1.807, 2.05) is 60.7 Å². The normalized spacial score (nSPS) is 14.2. The van der Waals surface area contributed by atoms with Crippen LogP contribution in [-0.2, 0) is 0 Å². The highest BCUT2D eigenvalue weighted by molar-refractivity contribution is 6.21. The number of aliphatic hydroxyl groups excluding tert-OH is 2. The second-order valence-corrected chi connectivity index (χ2v) is 8.15. The van der Waals surface area contributed by atoms with Gasteiger partial charge < -0.3 is 19.0 Å². The summed E-state index contributed by atoms with van der Waals surface area (Å²) in [5, 5.41) is 18.7. The van der Waals surface area contributed by atoms with E-state index in [9.17, 15) is 19.8 Å². The fourth-order valence-corrected chi connectivity index (χ4v) is 3.60. The Bertz CT molecular complexity index is 1170. The van der Waals surface area contributed by atoms with E-state index in [2.05, 4.69) is 0 Å². The van der Waals surface area contributed by atoms with Crippen LogP contribution in [0.25, 0.3) is 0 Å². The zero-order valence-electron chi connectivity index (χ0n) is 17.8. The SMILES string of the molecule is O=c1cccc([C@@H](O)[C@@H](Cl)c2ccccc2)o1.O=c1cccc([C@H](O)[C@H](Cl)c2ccccc2)o1. The van der Waals surface area contributed by atoms with E-state index >= 15 is 0 Å². The Balaban J connectivity index is 0.000000191. The summed E-state index contributed by atoms with van der Waals surface area (Å²) in [7, 11) is 0. The quantitative estimate of drug-likeness (QED) is 0.348. The molecule has 2 N–H and O–H groups in total. The van der Waals surface area contributed by atoms with Gasteiger partial charge in [0.25, 0.3) is 0 Å². The van der Waals surface area contributed by atoms with Gasteiger partial charge in [0, 0.05) is 12.1 Å². The van der Waals surface area contributed by atoms with Crippen LogP contribution in [0.15, 0.2) is 115 Å². The molecule has 34 heavy (non-hydrogen) atoms. The second kappa shape index (κ2) is 12.3. The lowest BCUT2D eigenvalue weighted by Crippen LogP contribution is -2.08. The molecule has 4 atom stereocenters. The highest BCUT2D eigenvalue weighted by atomic mass is 35.5. The van der Waals surface area contributed by atoms with E-state index < -0.39 is 34.2 Å². The standard InChI is InChI=1S/2C13H11ClO3/c2*14-12(9-5-2-1-3-6-9)13(16)10-7-4-8-11(15)17-10/h2*1-8,12-13,16H/t2*12-,13+/m10/s1. The summed E-state index contributed by atoms with van der Waals surface area (Å²) in [6.45, 7) is 0. The van der Waals surface area contributed by atoms with E-state index in [0.717, 1.165) is 11.1 Å². The van der Waals surface area contributed by atoms with Crippen molar-refractivity contribution >= 4 is 23.2 Å². The van der Waals surface area contributed by atoms with Crippen molar-refractivity contribution < 1.29 is 19.0 Å². The molecule has 6 nitrogen and oxygen atoms in total. The summed E-state index contributed by atoms with van der Waals surface area (Å²) in [5.74, 6) is 0.336. The predicted molar refractivity (Wildman–Crippen MR) is 130 cm³/mol. The maximum absolute atomic E-state index is 11.0. The molecular weight excluding hydrogens is 479 g/mol. The lowest BCUT2D eigenvalue weighted by Gasteiger charge is -2.15. The predicted octanol–water partition coefficient (Wildman–Crippen LogP) is 5.31. The van der Waals surface area contributed by atoms with Gasteiger partial charge in [0.15, 0.2) is 0 Å². The first-order valence-electron chi connectivity index (χ1n) is 10.3. The van der Waals surface area contributed by atoms with E-state index in [-0.39, 0.29) is 11.5 Å². The fourth-order valence-electron chi connectivity index (χ4n) is 3.06. The van der Waals surface area contributed by atoms with Gasteiger partial charge in [-0.1, -0.05) is 72.8 Å². The zero-order chi connectivity index (χ0) is 24.5. The van der Waals surface area contributed by atoms with Gasteiger partial charge in [-0.05, 0) is 23.3 Å². The van der Waals surface area contributed by atoms with Crippen molar-refractivity contribution in [3.63, 3.8) is 0 Å². The minimum atomic E-state index is -1.05. The van der Waals surface area contributed by atoms with Crippen LogP contribution in [0.1, 0.15) is 45.6 Å². The van der Waals surface area contributed by atoms with Crippen LogP contribution in [0.3, 0.4) is 0 Å².